The molecule has 0 saturated heterocycles. The van der Waals surface area contributed by atoms with Gasteiger partial charge < -0.3 is 9.26 Å². The first-order valence-corrected chi connectivity index (χ1v) is 7.85. The van der Waals surface area contributed by atoms with Crippen molar-refractivity contribution >= 4 is 13.6 Å². The van der Waals surface area contributed by atoms with Gasteiger partial charge in [0, 0.05) is 0 Å². The molecule has 0 fully saturated rings. The van der Waals surface area contributed by atoms with Crippen LogP contribution >= 0.6 is 7.60 Å². The highest BCUT2D eigenvalue weighted by Crippen LogP contribution is 2.49. The molecule has 1 unspecified atom stereocenters. The summed E-state index contributed by atoms with van der Waals surface area (Å²) < 4.78 is 28.0. The average Bonchev–Trinajstić information content (AvgIpc) is 2.28. The first-order valence-electron chi connectivity index (χ1n) is 6.13. The van der Waals surface area contributed by atoms with Crippen LogP contribution in [0, 0.1) is 0 Å². The van der Waals surface area contributed by atoms with Crippen molar-refractivity contribution in [3.8, 4) is 5.75 Å². The smallest absolute Gasteiger partial charge is 0.390 e. The Labute approximate surface area is 113 Å². The molecule has 0 radical (unpaired) electrons. The molecule has 1 aromatic rings. The fraction of sp³-hybridized carbons (Fsp3) is 0.462. The summed E-state index contributed by atoms with van der Waals surface area (Å²) in [5, 5.41) is 0. The summed E-state index contributed by atoms with van der Waals surface area (Å²) in [6, 6.07) is 8.62. The van der Waals surface area contributed by atoms with Crippen molar-refractivity contribution in [2.24, 2.45) is 0 Å². The Bertz CT molecular complexity index is 444. The van der Waals surface area contributed by atoms with E-state index in [1.165, 1.54) is 0 Å². The Balaban J connectivity index is 2.81. The lowest BCUT2D eigenvalue weighted by atomic mass is 10.3. The summed E-state index contributed by atoms with van der Waals surface area (Å²) >= 11 is 0. The van der Waals surface area contributed by atoms with Crippen molar-refractivity contribution in [1.29, 1.82) is 0 Å². The van der Waals surface area contributed by atoms with Gasteiger partial charge in [0.05, 0.1) is 12.7 Å². The summed E-state index contributed by atoms with van der Waals surface area (Å²) in [7, 11) is -3.56. The van der Waals surface area contributed by atoms with Crippen LogP contribution in [0.4, 0.5) is 0 Å². The molecule has 0 N–H and O–H groups in total. The van der Waals surface area contributed by atoms with Gasteiger partial charge in [0.15, 0.2) is 6.16 Å². The van der Waals surface area contributed by atoms with E-state index in [1.807, 2.05) is 6.07 Å². The minimum absolute atomic E-state index is 0.228. The van der Waals surface area contributed by atoms with Gasteiger partial charge in [-0.05, 0) is 32.9 Å². The van der Waals surface area contributed by atoms with E-state index in [9.17, 15) is 9.36 Å². The number of carbonyl (C=O) groups is 1. The monoisotopic (exact) mass is 286 g/mol. The summed E-state index contributed by atoms with van der Waals surface area (Å²) in [6.07, 6.45) is -0.711. The van der Waals surface area contributed by atoms with E-state index in [1.54, 1.807) is 45.0 Å². The predicted molar refractivity (Wildman–Crippen MR) is 72.4 cm³/mol. The maximum Gasteiger partial charge on any atom is 0.390 e. The van der Waals surface area contributed by atoms with Crippen molar-refractivity contribution in [3.63, 3.8) is 0 Å². The van der Waals surface area contributed by atoms with Crippen LogP contribution in [0.15, 0.2) is 30.3 Å². The molecule has 0 aliphatic rings. The number of para-hydroxylation sites is 1. The minimum Gasteiger partial charge on any atom is -0.465 e. The Kier molecular flexibility index (Phi) is 6.06. The van der Waals surface area contributed by atoms with Gasteiger partial charge in [0.25, 0.3) is 0 Å². The molecule has 0 amide bonds. The molecule has 0 aliphatic carbocycles. The zero-order valence-electron chi connectivity index (χ0n) is 11.4. The Morgan fingerprint density at radius 3 is 2.42 bits per heavy atom. The first-order chi connectivity index (χ1) is 8.95. The maximum atomic E-state index is 12.5. The van der Waals surface area contributed by atoms with Gasteiger partial charge >= 0.3 is 13.6 Å². The van der Waals surface area contributed by atoms with Gasteiger partial charge in [-0.2, -0.15) is 0 Å². The van der Waals surface area contributed by atoms with Crippen LogP contribution in [-0.4, -0.2) is 24.8 Å². The van der Waals surface area contributed by atoms with E-state index in [4.69, 9.17) is 13.8 Å². The van der Waals surface area contributed by atoms with E-state index in [-0.39, 0.29) is 12.7 Å². The summed E-state index contributed by atoms with van der Waals surface area (Å²) in [4.78, 5) is 11.5. The van der Waals surface area contributed by atoms with Crippen LogP contribution in [0.1, 0.15) is 20.8 Å². The van der Waals surface area contributed by atoms with Gasteiger partial charge in [-0.15, -0.1) is 0 Å². The molecule has 0 aromatic heterocycles. The normalized spacial score (nSPS) is 13.9. The quantitative estimate of drug-likeness (QED) is 0.568. The Hall–Kier alpha value is -1.32. The lowest BCUT2D eigenvalue weighted by molar-refractivity contribution is -0.140. The van der Waals surface area contributed by atoms with Gasteiger partial charge in [-0.25, -0.2) is 4.57 Å². The van der Waals surface area contributed by atoms with Crippen molar-refractivity contribution in [3.05, 3.63) is 30.3 Å². The third-order valence-electron chi connectivity index (χ3n) is 1.99. The molecular weight excluding hydrogens is 267 g/mol. The number of esters is 1. The standard InChI is InChI=1S/C13H19O5P/c1-4-16-13(14)10-19(15,17-11(2)3)18-12-8-6-5-7-9-12/h5-9,11H,4,10H2,1-3H3. The van der Waals surface area contributed by atoms with Crippen molar-refractivity contribution in [1.82, 2.24) is 0 Å². The SMILES string of the molecule is CCOC(=O)CP(=O)(Oc1ccccc1)OC(C)C. The zero-order valence-corrected chi connectivity index (χ0v) is 12.3. The molecule has 1 atom stereocenters. The average molecular weight is 286 g/mol. The van der Waals surface area contributed by atoms with Gasteiger partial charge in [-0.3, -0.25) is 9.32 Å². The molecule has 0 saturated carbocycles. The molecule has 19 heavy (non-hydrogen) atoms. The number of ether oxygens (including phenoxy) is 1. The molecule has 1 rings (SSSR count). The predicted octanol–water partition coefficient (Wildman–Crippen LogP) is 3.25. The van der Waals surface area contributed by atoms with E-state index < -0.39 is 19.7 Å². The fourth-order valence-corrected chi connectivity index (χ4v) is 3.09. The van der Waals surface area contributed by atoms with E-state index in [0.717, 1.165) is 0 Å². The second-order valence-corrected chi connectivity index (χ2v) is 6.06. The highest BCUT2D eigenvalue weighted by molar-refractivity contribution is 7.55. The highest BCUT2D eigenvalue weighted by atomic mass is 31.2. The van der Waals surface area contributed by atoms with E-state index in [0.29, 0.717) is 5.75 Å². The second kappa shape index (κ2) is 7.31. The molecule has 0 bridgehead atoms. The van der Waals surface area contributed by atoms with E-state index in [2.05, 4.69) is 0 Å². The minimum atomic E-state index is -3.56. The van der Waals surface area contributed by atoms with Crippen LogP contribution in [0.25, 0.3) is 0 Å². The molecule has 0 spiro atoms. The number of carbonyl (C=O) groups excluding carboxylic acids is 1. The number of hydrogen-bond acceptors (Lipinski definition) is 5. The molecule has 6 heteroatoms. The van der Waals surface area contributed by atoms with Gasteiger partial charge in [-0.1, -0.05) is 18.2 Å². The van der Waals surface area contributed by atoms with Crippen molar-refractivity contribution in [2.45, 2.75) is 26.9 Å². The molecular formula is C13H19O5P. The van der Waals surface area contributed by atoms with Crippen LogP contribution in [0.3, 0.4) is 0 Å². The van der Waals surface area contributed by atoms with Crippen LogP contribution < -0.4 is 4.52 Å². The van der Waals surface area contributed by atoms with E-state index >= 15 is 0 Å². The highest BCUT2D eigenvalue weighted by Gasteiger charge is 2.32. The maximum absolute atomic E-state index is 12.5. The molecule has 106 valence electrons. The largest absolute Gasteiger partial charge is 0.465 e. The van der Waals surface area contributed by atoms with Crippen molar-refractivity contribution < 1.29 is 23.1 Å². The molecule has 1 aromatic carbocycles. The second-order valence-electron chi connectivity index (χ2n) is 4.13. The fourth-order valence-electron chi connectivity index (χ4n) is 1.42. The number of rotatable bonds is 7. The lowest BCUT2D eigenvalue weighted by Crippen LogP contribution is -2.16. The van der Waals surface area contributed by atoms with Crippen molar-refractivity contribution in [2.75, 3.05) is 12.8 Å². The molecule has 0 heterocycles. The number of hydrogen-bond donors (Lipinski definition) is 0. The third-order valence-corrected chi connectivity index (χ3v) is 3.86. The van der Waals surface area contributed by atoms with Crippen LogP contribution in [0.2, 0.25) is 0 Å². The van der Waals surface area contributed by atoms with Crippen LogP contribution in [-0.2, 0) is 18.6 Å². The summed E-state index contributed by atoms with van der Waals surface area (Å²) in [6.45, 7) is 5.37. The lowest BCUT2D eigenvalue weighted by Gasteiger charge is -2.20. The summed E-state index contributed by atoms with van der Waals surface area (Å²) in [5.74, 6) is -0.196. The van der Waals surface area contributed by atoms with Crippen LogP contribution in [0.5, 0.6) is 5.75 Å². The Morgan fingerprint density at radius 1 is 1.26 bits per heavy atom. The molecule has 0 aliphatic heterocycles. The van der Waals surface area contributed by atoms with Gasteiger partial charge in [0.2, 0.25) is 0 Å². The third kappa shape index (κ3) is 5.90. The zero-order chi connectivity index (χ0) is 14.3. The Morgan fingerprint density at radius 2 is 1.89 bits per heavy atom. The first kappa shape index (κ1) is 15.7. The molecule has 5 nitrogen and oxygen atoms in total. The van der Waals surface area contributed by atoms with Gasteiger partial charge in [0.1, 0.15) is 5.75 Å². The topological polar surface area (TPSA) is 61.8 Å². The summed E-state index contributed by atoms with van der Waals surface area (Å²) in [5.41, 5.74) is 0. The number of benzene rings is 1.